The molecule has 0 bridgehead atoms. The number of phenols is 1. The number of aromatic hydroxyl groups is 1. The lowest BCUT2D eigenvalue weighted by atomic mass is 10.2. The van der Waals surface area contributed by atoms with Crippen LogP contribution in [-0.2, 0) is 0 Å². The van der Waals surface area contributed by atoms with Crippen molar-refractivity contribution >= 4 is 39.1 Å². The van der Waals surface area contributed by atoms with Crippen LogP contribution in [0.2, 0.25) is 5.02 Å². The molecule has 2 N–H and O–H groups in total. The Hall–Kier alpha value is -1.52. The lowest BCUT2D eigenvalue weighted by Crippen LogP contribution is -2.12. The van der Waals surface area contributed by atoms with Crippen LogP contribution in [0.25, 0.3) is 0 Å². The normalized spacial score (nSPS) is 10.1. The van der Waals surface area contributed by atoms with E-state index in [-0.39, 0.29) is 11.7 Å². The molecular formula is C13H9BrClNO2. The third-order valence-electron chi connectivity index (χ3n) is 2.32. The largest absolute Gasteiger partial charge is 0.508 e. The molecule has 0 aliphatic rings. The molecule has 2 aromatic rings. The molecule has 0 radical (unpaired) electrons. The number of hydrogen-bond donors (Lipinski definition) is 2. The summed E-state index contributed by atoms with van der Waals surface area (Å²) < 4.78 is 0.669. The van der Waals surface area contributed by atoms with Gasteiger partial charge in [0, 0.05) is 10.2 Å². The predicted molar refractivity (Wildman–Crippen MR) is 75.2 cm³/mol. The van der Waals surface area contributed by atoms with Crippen molar-refractivity contribution in [2.75, 3.05) is 5.32 Å². The Morgan fingerprint density at radius 1 is 1.17 bits per heavy atom. The first-order valence-corrected chi connectivity index (χ1v) is 6.29. The molecule has 18 heavy (non-hydrogen) atoms. The Kier molecular flexibility index (Phi) is 3.89. The molecule has 0 spiro atoms. The Morgan fingerprint density at radius 3 is 2.50 bits per heavy atom. The van der Waals surface area contributed by atoms with E-state index in [1.54, 1.807) is 30.3 Å². The Bertz CT molecular complexity index is 584. The number of anilines is 1. The summed E-state index contributed by atoms with van der Waals surface area (Å²) in [6.45, 7) is 0. The van der Waals surface area contributed by atoms with Crippen LogP contribution in [0.4, 0.5) is 5.69 Å². The van der Waals surface area contributed by atoms with E-state index < -0.39 is 0 Å². The van der Waals surface area contributed by atoms with Crippen LogP contribution >= 0.6 is 27.5 Å². The monoisotopic (exact) mass is 325 g/mol. The Morgan fingerprint density at radius 2 is 1.83 bits per heavy atom. The Labute approximate surface area is 118 Å². The first kappa shape index (κ1) is 12.9. The van der Waals surface area contributed by atoms with Crippen molar-refractivity contribution in [3.05, 3.63) is 57.5 Å². The summed E-state index contributed by atoms with van der Waals surface area (Å²) in [5, 5.41) is 12.2. The number of carbonyl (C=O) groups is 1. The number of halogens is 2. The van der Waals surface area contributed by atoms with Gasteiger partial charge in [-0.15, -0.1) is 0 Å². The van der Waals surface area contributed by atoms with E-state index in [9.17, 15) is 4.79 Å². The smallest absolute Gasteiger partial charge is 0.257 e. The maximum absolute atomic E-state index is 12.0. The number of benzene rings is 2. The molecular weight excluding hydrogens is 318 g/mol. The summed E-state index contributed by atoms with van der Waals surface area (Å²) in [7, 11) is 0. The lowest BCUT2D eigenvalue weighted by molar-refractivity contribution is 0.102. The van der Waals surface area contributed by atoms with Crippen LogP contribution in [0.1, 0.15) is 10.4 Å². The molecule has 5 heteroatoms. The first-order valence-electron chi connectivity index (χ1n) is 5.12. The molecule has 0 aromatic heterocycles. The molecule has 2 rings (SSSR count). The molecule has 0 aliphatic heterocycles. The minimum Gasteiger partial charge on any atom is -0.508 e. The molecule has 0 unspecified atom stereocenters. The highest BCUT2D eigenvalue weighted by Crippen LogP contribution is 2.26. The van der Waals surface area contributed by atoms with Gasteiger partial charge in [0.1, 0.15) is 5.75 Å². The average Bonchev–Trinajstić information content (AvgIpc) is 2.35. The summed E-state index contributed by atoms with van der Waals surface area (Å²) in [6.07, 6.45) is 0. The molecule has 2 aromatic carbocycles. The third kappa shape index (κ3) is 2.83. The lowest BCUT2D eigenvalue weighted by Gasteiger charge is -2.07. The van der Waals surface area contributed by atoms with E-state index >= 15 is 0 Å². The number of carbonyl (C=O) groups excluding carboxylic acids is 1. The topological polar surface area (TPSA) is 49.3 Å². The zero-order chi connectivity index (χ0) is 13.1. The van der Waals surface area contributed by atoms with Crippen LogP contribution < -0.4 is 5.32 Å². The van der Waals surface area contributed by atoms with Crippen molar-refractivity contribution in [2.24, 2.45) is 0 Å². The molecule has 1 amide bonds. The number of hydrogen-bond acceptors (Lipinski definition) is 2. The van der Waals surface area contributed by atoms with Crippen LogP contribution in [0, 0.1) is 0 Å². The zero-order valence-corrected chi connectivity index (χ0v) is 11.5. The van der Waals surface area contributed by atoms with E-state index in [0.717, 1.165) is 0 Å². The summed E-state index contributed by atoms with van der Waals surface area (Å²) in [5.41, 5.74) is 0.980. The van der Waals surface area contributed by atoms with E-state index in [4.69, 9.17) is 16.7 Å². The third-order valence-corrected chi connectivity index (χ3v) is 3.62. The fraction of sp³-hybridized carbons (Fsp3) is 0. The van der Waals surface area contributed by atoms with E-state index in [1.807, 2.05) is 0 Å². The van der Waals surface area contributed by atoms with Gasteiger partial charge < -0.3 is 10.4 Å². The van der Waals surface area contributed by atoms with Crippen LogP contribution in [0.3, 0.4) is 0 Å². The maximum atomic E-state index is 12.0. The minimum absolute atomic E-state index is 0.147. The second-order valence-electron chi connectivity index (χ2n) is 3.60. The summed E-state index contributed by atoms with van der Waals surface area (Å²) >= 11 is 9.30. The molecule has 0 atom stereocenters. The van der Waals surface area contributed by atoms with Gasteiger partial charge in [0.2, 0.25) is 0 Å². The minimum atomic E-state index is -0.299. The van der Waals surface area contributed by atoms with Gasteiger partial charge in [-0.2, -0.15) is 0 Å². The average molecular weight is 327 g/mol. The van der Waals surface area contributed by atoms with Crippen molar-refractivity contribution in [1.29, 1.82) is 0 Å². The zero-order valence-electron chi connectivity index (χ0n) is 9.15. The molecule has 0 aliphatic carbocycles. The van der Waals surface area contributed by atoms with Gasteiger partial charge in [-0.05, 0) is 52.3 Å². The van der Waals surface area contributed by atoms with Gasteiger partial charge in [-0.25, -0.2) is 0 Å². The highest BCUT2D eigenvalue weighted by molar-refractivity contribution is 9.10. The van der Waals surface area contributed by atoms with Crippen LogP contribution in [-0.4, -0.2) is 11.0 Å². The van der Waals surface area contributed by atoms with Crippen molar-refractivity contribution in [3.8, 4) is 5.75 Å². The molecule has 0 fully saturated rings. The quantitative estimate of drug-likeness (QED) is 0.818. The predicted octanol–water partition coefficient (Wildman–Crippen LogP) is 4.06. The highest BCUT2D eigenvalue weighted by atomic mass is 79.9. The first-order chi connectivity index (χ1) is 8.58. The van der Waals surface area contributed by atoms with Crippen molar-refractivity contribution < 1.29 is 9.90 Å². The number of amides is 1. The number of phenolic OH excluding ortho intramolecular Hbond substituents is 1. The van der Waals surface area contributed by atoms with E-state index in [2.05, 4.69) is 21.2 Å². The summed E-state index contributed by atoms with van der Waals surface area (Å²) in [5.74, 6) is -0.152. The van der Waals surface area contributed by atoms with Crippen molar-refractivity contribution in [2.45, 2.75) is 0 Å². The number of nitrogens with one attached hydrogen (secondary N) is 1. The van der Waals surface area contributed by atoms with Crippen molar-refractivity contribution in [3.63, 3.8) is 0 Å². The van der Waals surface area contributed by atoms with Gasteiger partial charge >= 0.3 is 0 Å². The summed E-state index contributed by atoms with van der Waals surface area (Å²) in [6, 6.07) is 11.4. The van der Waals surface area contributed by atoms with Crippen LogP contribution in [0.5, 0.6) is 5.75 Å². The molecule has 3 nitrogen and oxygen atoms in total. The molecule has 0 heterocycles. The van der Waals surface area contributed by atoms with E-state index in [0.29, 0.717) is 20.7 Å². The van der Waals surface area contributed by atoms with Gasteiger partial charge in [0.15, 0.2) is 0 Å². The van der Waals surface area contributed by atoms with Gasteiger partial charge in [-0.3, -0.25) is 4.79 Å². The van der Waals surface area contributed by atoms with Crippen LogP contribution in [0.15, 0.2) is 46.9 Å². The SMILES string of the molecule is O=C(Nc1ccc(O)cc1)c1cccc(Br)c1Cl. The fourth-order valence-electron chi connectivity index (χ4n) is 1.42. The van der Waals surface area contributed by atoms with Gasteiger partial charge in [-0.1, -0.05) is 17.7 Å². The summed E-state index contributed by atoms with van der Waals surface area (Å²) in [4.78, 5) is 12.0. The van der Waals surface area contributed by atoms with Crippen molar-refractivity contribution in [1.82, 2.24) is 0 Å². The van der Waals surface area contributed by atoms with Gasteiger partial charge in [0.25, 0.3) is 5.91 Å². The number of rotatable bonds is 2. The van der Waals surface area contributed by atoms with Gasteiger partial charge in [0.05, 0.1) is 10.6 Å². The maximum Gasteiger partial charge on any atom is 0.257 e. The highest BCUT2D eigenvalue weighted by Gasteiger charge is 2.12. The molecule has 0 saturated carbocycles. The molecule has 92 valence electrons. The second kappa shape index (κ2) is 5.42. The van der Waals surface area contributed by atoms with E-state index in [1.165, 1.54) is 12.1 Å². The standard InChI is InChI=1S/C13H9BrClNO2/c14-11-3-1-2-10(12(11)15)13(18)16-8-4-6-9(17)7-5-8/h1-7,17H,(H,16,18). The fourth-order valence-corrected chi connectivity index (χ4v) is 2.00. The molecule has 0 saturated heterocycles. The Balaban J connectivity index is 2.22. The second-order valence-corrected chi connectivity index (χ2v) is 4.83.